The van der Waals surface area contributed by atoms with Gasteiger partial charge in [0.1, 0.15) is 4.90 Å². The van der Waals surface area contributed by atoms with E-state index in [-0.39, 0.29) is 10.6 Å². The molecule has 0 spiro atoms. The minimum absolute atomic E-state index is 0.156. The van der Waals surface area contributed by atoms with Crippen molar-refractivity contribution in [2.24, 2.45) is 0 Å². The topological polar surface area (TPSA) is 76.3 Å². The molecule has 0 bridgehead atoms. The van der Waals surface area contributed by atoms with Crippen LogP contribution in [-0.4, -0.2) is 24.3 Å². The van der Waals surface area contributed by atoms with Crippen molar-refractivity contribution in [3.8, 4) is 0 Å². The van der Waals surface area contributed by atoms with E-state index in [1.165, 1.54) is 4.31 Å². The van der Waals surface area contributed by atoms with Crippen molar-refractivity contribution >= 4 is 15.7 Å². The van der Waals surface area contributed by atoms with Gasteiger partial charge in [0.2, 0.25) is 10.0 Å². The lowest BCUT2D eigenvalue weighted by atomic mass is 10.2. The standard InChI is InChI=1S/C15H19N3O2S/c1-3-18(11-13-6-8-17-9-7-13)21(19,20)15-5-4-12(2)10-14(15)16/h4-10H,3,11,16H2,1-2H3. The van der Waals surface area contributed by atoms with Crippen LogP contribution in [0.2, 0.25) is 0 Å². The number of pyridine rings is 1. The molecule has 0 aliphatic carbocycles. The fourth-order valence-electron chi connectivity index (χ4n) is 2.10. The highest BCUT2D eigenvalue weighted by Gasteiger charge is 2.25. The summed E-state index contributed by atoms with van der Waals surface area (Å²) >= 11 is 0. The van der Waals surface area contributed by atoms with E-state index in [2.05, 4.69) is 4.98 Å². The fourth-order valence-corrected chi connectivity index (χ4v) is 3.63. The van der Waals surface area contributed by atoms with Crippen molar-refractivity contribution in [2.75, 3.05) is 12.3 Å². The average molecular weight is 305 g/mol. The Balaban J connectivity index is 2.36. The highest BCUT2D eigenvalue weighted by atomic mass is 32.2. The predicted molar refractivity (Wildman–Crippen MR) is 83.1 cm³/mol. The third-order valence-corrected chi connectivity index (χ3v) is 5.24. The zero-order chi connectivity index (χ0) is 15.5. The van der Waals surface area contributed by atoms with E-state index < -0.39 is 10.0 Å². The molecule has 1 heterocycles. The second kappa shape index (κ2) is 6.24. The largest absolute Gasteiger partial charge is 0.398 e. The molecule has 0 atom stereocenters. The Kier molecular flexibility index (Phi) is 4.59. The van der Waals surface area contributed by atoms with Crippen molar-refractivity contribution in [1.29, 1.82) is 0 Å². The van der Waals surface area contributed by atoms with Gasteiger partial charge in [0.05, 0.1) is 5.69 Å². The molecule has 0 radical (unpaired) electrons. The number of anilines is 1. The lowest BCUT2D eigenvalue weighted by Crippen LogP contribution is -2.31. The molecule has 1 aromatic heterocycles. The third kappa shape index (κ3) is 3.40. The molecule has 0 saturated heterocycles. The minimum atomic E-state index is -3.61. The zero-order valence-corrected chi connectivity index (χ0v) is 13.0. The number of aryl methyl sites for hydroxylation is 1. The first-order valence-corrected chi connectivity index (χ1v) is 8.14. The number of rotatable bonds is 5. The van der Waals surface area contributed by atoms with E-state index in [1.807, 2.05) is 13.8 Å². The normalized spacial score (nSPS) is 11.8. The molecule has 2 N–H and O–H groups in total. The minimum Gasteiger partial charge on any atom is -0.398 e. The van der Waals surface area contributed by atoms with Gasteiger partial charge in [0.25, 0.3) is 0 Å². The first kappa shape index (κ1) is 15.5. The van der Waals surface area contributed by atoms with Gasteiger partial charge in [-0.25, -0.2) is 8.42 Å². The van der Waals surface area contributed by atoms with E-state index in [1.54, 1.807) is 42.7 Å². The molecule has 0 aliphatic rings. The molecule has 0 fully saturated rings. The molecule has 0 amide bonds. The summed E-state index contributed by atoms with van der Waals surface area (Å²) < 4.78 is 26.9. The van der Waals surface area contributed by atoms with E-state index in [0.717, 1.165) is 11.1 Å². The maximum atomic E-state index is 12.7. The lowest BCUT2D eigenvalue weighted by Gasteiger charge is -2.21. The number of nitrogens with zero attached hydrogens (tertiary/aromatic N) is 2. The summed E-state index contributed by atoms with van der Waals surface area (Å²) in [4.78, 5) is 4.09. The Morgan fingerprint density at radius 3 is 2.43 bits per heavy atom. The van der Waals surface area contributed by atoms with Gasteiger partial charge in [0.15, 0.2) is 0 Å². The van der Waals surface area contributed by atoms with E-state index in [0.29, 0.717) is 13.1 Å². The van der Waals surface area contributed by atoms with Gasteiger partial charge in [-0.1, -0.05) is 13.0 Å². The Hall–Kier alpha value is -1.92. The van der Waals surface area contributed by atoms with Gasteiger partial charge in [-0.05, 0) is 42.3 Å². The molecule has 2 rings (SSSR count). The van der Waals surface area contributed by atoms with Crippen LogP contribution in [-0.2, 0) is 16.6 Å². The summed E-state index contributed by atoms with van der Waals surface area (Å²) in [5.41, 5.74) is 7.98. The number of hydrogen-bond donors (Lipinski definition) is 1. The quantitative estimate of drug-likeness (QED) is 0.859. The van der Waals surface area contributed by atoms with Crippen molar-refractivity contribution in [1.82, 2.24) is 9.29 Å². The smallest absolute Gasteiger partial charge is 0.245 e. The Bertz CT molecular complexity index is 715. The number of benzene rings is 1. The molecule has 0 aliphatic heterocycles. The Labute approximate surface area is 125 Å². The second-order valence-electron chi connectivity index (χ2n) is 4.83. The molecule has 0 unspecified atom stereocenters. The predicted octanol–water partition coefficient (Wildman–Crippen LogP) is 2.18. The molecule has 112 valence electrons. The van der Waals surface area contributed by atoms with Crippen molar-refractivity contribution < 1.29 is 8.42 Å². The number of aromatic nitrogens is 1. The van der Waals surface area contributed by atoms with Gasteiger partial charge in [-0.2, -0.15) is 4.31 Å². The number of nitrogen functional groups attached to an aromatic ring is 1. The summed E-state index contributed by atoms with van der Waals surface area (Å²) in [5.74, 6) is 0. The fraction of sp³-hybridized carbons (Fsp3) is 0.267. The molecule has 1 aromatic carbocycles. The van der Waals surface area contributed by atoms with Gasteiger partial charge in [0, 0.05) is 25.5 Å². The highest BCUT2D eigenvalue weighted by molar-refractivity contribution is 7.89. The van der Waals surface area contributed by atoms with Crippen LogP contribution in [0.25, 0.3) is 0 Å². The molecule has 21 heavy (non-hydrogen) atoms. The maximum Gasteiger partial charge on any atom is 0.245 e. The van der Waals surface area contributed by atoms with Crippen LogP contribution in [0.1, 0.15) is 18.1 Å². The summed E-state index contributed by atoms with van der Waals surface area (Å²) in [6.45, 7) is 4.36. The van der Waals surface area contributed by atoms with Gasteiger partial charge < -0.3 is 5.73 Å². The molecular formula is C15H19N3O2S. The van der Waals surface area contributed by atoms with Crippen molar-refractivity contribution in [3.63, 3.8) is 0 Å². The number of sulfonamides is 1. The zero-order valence-electron chi connectivity index (χ0n) is 12.2. The van der Waals surface area contributed by atoms with Crippen LogP contribution >= 0.6 is 0 Å². The van der Waals surface area contributed by atoms with E-state index in [9.17, 15) is 8.42 Å². The van der Waals surface area contributed by atoms with Crippen molar-refractivity contribution in [2.45, 2.75) is 25.3 Å². The Morgan fingerprint density at radius 1 is 1.19 bits per heavy atom. The van der Waals surface area contributed by atoms with Crippen LogP contribution < -0.4 is 5.73 Å². The molecule has 6 heteroatoms. The van der Waals surface area contributed by atoms with Gasteiger partial charge in [-0.15, -0.1) is 0 Å². The summed E-state index contributed by atoms with van der Waals surface area (Å²) in [6.07, 6.45) is 3.30. The summed E-state index contributed by atoms with van der Waals surface area (Å²) in [6, 6.07) is 8.60. The molecule has 0 saturated carbocycles. The highest BCUT2D eigenvalue weighted by Crippen LogP contribution is 2.24. The van der Waals surface area contributed by atoms with Gasteiger partial charge >= 0.3 is 0 Å². The van der Waals surface area contributed by atoms with Crippen LogP contribution in [0.3, 0.4) is 0 Å². The Morgan fingerprint density at radius 2 is 1.86 bits per heavy atom. The van der Waals surface area contributed by atoms with Crippen LogP contribution in [0.4, 0.5) is 5.69 Å². The summed E-state index contributed by atoms with van der Waals surface area (Å²) in [7, 11) is -3.61. The molecular weight excluding hydrogens is 286 g/mol. The van der Waals surface area contributed by atoms with Gasteiger partial charge in [-0.3, -0.25) is 4.98 Å². The SMILES string of the molecule is CCN(Cc1ccncc1)S(=O)(=O)c1ccc(C)cc1N. The summed E-state index contributed by atoms with van der Waals surface area (Å²) in [5, 5.41) is 0. The maximum absolute atomic E-state index is 12.7. The number of hydrogen-bond acceptors (Lipinski definition) is 4. The monoisotopic (exact) mass is 305 g/mol. The van der Waals surface area contributed by atoms with Crippen LogP contribution in [0, 0.1) is 6.92 Å². The van der Waals surface area contributed by atoms with E-state index in [4.69, 9.17) is 5.73 Å². The lowest BCUT2D eigenvalue weighted by molar-refractivity contribution is 0.423. The number of nitrogens with two attached hydrogens (primary N) is 1. The van der Waals surface area contributed by atoms with Crippen LogP contribution in [0.15, 0.2) is 47.6 Å². The van der Waals surface area contributed by atoms with Crippen LogP contribution in [0.5, 0.6) is 0 Å². The first-order valence-electron chi connectivity index (χ1n) is 6.70. The average Bonchev–Trinajstić information content (AvgIpc) is 2.45. The van der Waals surface area contributed by atoms with Crippen molar-refractivity contribution in [3.05, 3.63) is 53.9 Å². The first-order chi connectivity index (χ1) is 9.95. The van der Waals surface area contributed by atoms with E-state index >= 15 is 0 Å². The third-order valence-electron chi connectivity index (χ3n) is 3.24. The second-order valence-corrected chi connectivity index (χ2v) is 6.73. The molecule has 2 aromatic rings. The molecule has 5 nitrogen and oxygen atoms in total.